The Morgan fingerprint density at radius 3 is 2.73 bits per heavy atom. The number of nitrogens with one attached hydrogen (secondary N) is 1. The molecule has 37 heavy (non-hydrogen) atoms. The zero-order chi connectivity index (χ0) is 25.8. The van der Waals surface area contributed by atoms with Crippen molar-refractivity contribution in [3.05, 3.63) is 65.3 Å². The molecule has 2 atom stereocenters. The molecule has 10 heteroatoms. The third kappa shape index (κ3) is 4.86. The van der Waals surface area contributed by atoms with E-state index in [1.807, 2.05) is 0 Å². The van der Waals surface area contributed by atoms with Gasteiger partial charge < -0.3 is 9.88 Å². The largest absolute Gasteiger partial charge is 0.321 e. The van der Waals surface area contributed by atoms with Gasteiger partial charge in [0, 0.05) is 31.7 Å². The molecule has 1 spiro atoms. The van der Waals surface area contributed by atoms with Gasteiger partial charge in [-0.2, -0.15) is 0 Å². The fourth-order valence-electron chi connectivity index (χ4n) is 5.22. The van der Waals surface area contributed by atoms with Crippen LogP contribution in [0.1, 0.15) is 84.5 Å². The number of aromatic nitrogens is 5. The van der Waals surface area contributed by atoms with E-state index in [2.05, 4.69) is 25.4 Å². The number of anilines is 1. The van der Waals surface area contributed by atoms with E-state index in [0.29, 0.717) is 29.3 Å². The lowest BCUT2D eigenvalue weighted by molar-refractivity contribution is 0.0564. The summed E-state index contributed by atoms with van der Waals surface area (Å²) in [5.41, 5.74) is -0.256. The van der Waals surface area contributed by atoms with Crippen molar-refractivity contribution in [1.29, 1.82) is 0 Å². The lowest BCUT2D eigenvalue weighted by atomic mass is 9.92. The highest BCUT2D eigenvalue weighted by molar-refractivity contribution is 6.03. The van der Waals surface area contributed by atoms with Crippen LogP contribution in [0.4, 0.5) is 14.5 Å². The highest BCUT2D eigenvalue weighted by atomic mass is 19.2. The molecule has 8 nitrogen and oxygen atoms in total. The van der Waals surface area contributed by atoms with Crippen LogP contribution in [0.3, 0.4) is 0 Å². The maximum absolute atomic E-state index is 15.7. The first-order valence-corrected chi connectivity index (χ1v) is 12.9. The normalized spacial score (nSPS) is 21.1. The fourth-order valence-corrected chi connectivity index (χ4v) is 5.22. The van der Waals surface area contributed by atoms with Gasteiger partial charge in [0.2, 0.25) is 0 Å². The van der Waals surface area contributed by atoms with Crippen molar-refractivity contribution < 1.29 is 13.6 Å². The standard InChI is InChI=1S/C27H31F2N7O/c1-26(29,22(28)24-34-30-16-35(24)2)18-4-3-5-19(12-18)32-25(37)21-13-20(31-23(33-21)17-6-7-17)14-36-11-10-27(15-36)8-9-27/h3-5,12-13,16-17,22H,6-11,14-15H2,1-2H3,(H,32,37)/t22-,26-/m0/s1. The first-order chi connectivity index (χ1) is 17.7. The molecule has 0 bridgehead atoms. The third-order valence-electron chi connectivity index (χ3n) is 7.97. The Morgan fingerprint density at radius 1 is 1.24 bits per heavy atom. The number of aryl methyl sites for hydroxylation is 1. The summed E-state index contributed by atoms with van der Waals surface area (Å²) in [6.45, 7) is 4.02. The Bertz CT molecular complexity index is 1330. The van der Waals surface area contributed by atoms with Crippen LogP contribution in [0.2, 0.25) is 0 Å². The van der Waals surface area contributed by atoms with Crippen molar-refractivity contribution >= 4 is 11.6 Å². The molecule has 3 aromatic rings. The van der Waals surface area contributed by atoms with E-state index < -0.39 is 17.7 Å². The van der Waals surface area contributed by atoms with E-state index in [-0.39, 0.29) is 11.4 Å². The van der Waals surface area contributed by atoms with Crippen LogP contribution in [0.15, 0.2) is 36.7 Å². The Kier molecular flexibility index (Phi) is 5.82. The summed E-state index contributed by atoms with van der Waals surface area (Å²) in [6, 6.07) is 7.94. The summed E-state index contributed by atoms with van der Waals surface area (Å²) in [6.07, 6.45) is 5.22. The topological polar surface area (TPSA) is 88.8 Å². The summed E-state index contributed by atoms with van der Waals surface area (Å²) in [4.78, 5) is 25.0. The van der Waals surface area contributed by atoms with Crippen molar-refractivity contribution in [1.82, 2.24) is 29.6 Å². The minimum atomic E-state index is -2.38. The highest BCUT2D eigenvalue weighted by Crippen LogP contribution is 2.52. The van der Waals surface area contributed by atoms with Gasteiger partial charge in [0.15, 0.2) is 17.7 Å². The maximum atomic E-state index is 15.7. The Balaban J connectivity index is 1.20. The number of amides is 1. The Hall–Kier alpha value is -3.27. The van der Waals surface area contributed by atoms with Gasteiger partial charge >= 0.3 is 0 Å². The van der Waals surface area contributed by atoms with Gasteiger partial charge in [0.1, 0.15) is 17.8 Å². The van der Waals surface area contributed by atoms with Crippen molar-refractivity contribution in [2.24, 2.45) is 12.5 Å². The predicted molar refractivity (Wildman–Crippen MR) is 133 cm³/mol. The number of rotatable bonds is 8. The van der Waals surface area contributed by atoms with Gasteiger partial charge in [-0.05, 0) is 74.8 Å². The van der Waals surface area contributed by atoms with E-state index >= 15 is 8.78 Å². The molecule has 1 aromatic carbocycles. The number of hydrogen-bond acceptors (Lipinski definition) is 6. The van der Waals surface area contributed by atoms with Crippen LogP contribution < -0.4 is 5.32 Å². The number of likely N-dealkylation sites (tertiary alicyclic amines) is 1. The number of halogens is 2. The summed E-state index contributed by atoms with van der Waals surface area (Å²) in [5, 5.41) is 10.2. The first kappa shape index (κ1) is 24.1. The highest BCUT2D eigenvalue weighted by Gasteiger charge is 2.47. The minimum Gasteiger partial charge on any atom is -0.321 e. The van der Waals surface area contributed by atoms with Crippen molar-refractivity contribution in [2.45, 2.75) is 63.3 Å². The lowest BCUT2D eigenvalue weighted by Crippen LogP contribution is -2.25. The molecular formula is C27H31F2N7O. The van der Waals surface area contributed by atoms with Gasteiger partial charge in [0.25, 0.3) is 5.91 Å². The van der Waals surface area contributed by atoms with E-state index in [1.54, 1.807) is 25.2 Å². The fraction of sp³-hybridized carbons (Fsp3) is 0.519. The zero-order valence-corrected chi connectivity index (χ0v) is 21.1. The second-order valence-electron chi connectivity index (χ2n) is 11.1. The molecule has 1 N–H and O–H groups in total. The van der Waals surface area contributed by atoms with Crippen molar-refractivity contribution in [3.8, 4) is 0 Å². The molecular weight excluding hydrogens is 476 g/mol. The molecule has 1 saturated heterocycles. The first-order valence-electron chi connectivity index (χ1n) is 12.9. The number of hydrogen-bond donors (Lipinski definition) is 1. The van der Waals surface area contributed by atoms with Crippen LogP contribution in [0.5, 0.6) is 0 Å². The molecule has 1 amide bonds. The second-order valence-corrected chi connectivity index (χ2v) is 11.1. The summed E-state index contributed by atoms with van der Waals surface area (Å²) < 4.78 is 32.1. The predicted octanol–water partition coefficient (Wildman–Crippen LogP) is 4.62. The van der Waals surface area contributed by atoms with Gasteiger partial charge in [-0.15, -0.1) is 10.2 Å². The number of carbonyl (C=O) groups excluding carboxylic acids is 1. The van der Waals surface area contributed by atoms with Crippen molar-refractivity contribution in [3.63, 3.8) is 0 Å². The van der Waals surface area contributed by atoms with E-state index in [4.69, 9.17) is 4.98 Å². The van der Waals surface area contributed by atoms with Gasteiger partial charge in [-0.1, -0.05) is 12.1 Å². The van der Waals surface area contributed by atoms with E-state index in [1.165, 1.54) is 42.3 Å². The average Bonchev–Trinajstić information content (AvgIpc) is 3.78. The third-order valence-corrected chi connectivity index (χ3v) is 7.97. The molecule has 3 aliphatic rings. The Morgan fingerprint density at radius 2 is 2.05 bits per heavy atom. The van der Waals surface area contributed by atoms with Gasteiger partial charge in [-0.3, -0.25) is 9.69 Å². The quantitative estimate of drug-likeness (QED) is 0.479. The van der Waals surface area contributed by atoms with Crippen LogP contribution in [-0.4, -0.2) is 48.6 Å². The molecule has 2 aromatic heterocycles. The maximum Gasteiger partial charge on any atom is 0.274 e. The SMILES string of the molecule is Cn1cnnc1[C@H](F)[C@@](C)(F)c1cccc(NC(=O)c2cc(CN3CCC4(CC4)C3)nc(C3CC3)n2)c1. The average molecular weight is 508 g/mol. The minimum absolute atomic E-state index is 0.0888. The monoisotopic (exact) mass is 507 g/mol. The number of alkyl halides is 2. The van der Waals surface area contributed by atoms with Gasteiger partial charge in [0.05, 0.1) is 5.69 Å². The molecule has 0 unspecified atom stereocenters. The molecule has 2 saturated carbocycles. The van der Waals surface area contributed by atoms with E-state index in [9.17, 15) is 4.79 Å². The summed E-state index contributed by atoms with van der Waals surface area (Å²) >= 11 is 0. The van der Waals surface area contributed by atoms with Crippen molar-refractivity contribution in [2.75, 3.05) is 18.4 Å². The molecule has 3 fully saturated rings. The number of carbonyl (C=O) groups is 1. The van der Waals surface area contributed by atoms with Crippen LogP contribution in [0, 0.1) is 5.41 Å². The van der Waals surface area contributed by atoms with Gasteiger partial charge in [-0.25, -0.2) is 18.7 Å². The van der Waals surface area contributed by atoms with Crippen LogP contribution in [0.25, 0.3) is 0 Å². The zero-order valence-electron chi connectivity index (χ0n) is 21.1. The molecule has 194 valence electrons. The number of benzene rings is 1. The Labute approximate surface area is 214 Å². The molecule has 3 heterocycles. The lowest BCUT2D eigenvalue weighted by Gasteiger charge is -2.25. The molecule has 2 aliphatic carbocycles. The molecule has 6 rings (SSSR count). The van der Waals surface area contributed by atoms with Crippen LogP contribution in [-0.2, 0) is 19.3 Å². The molecule has 1 aliphatic heterocycles. The second kappa shape index (κ2) is 8.93. The van der Waals surface area contributed by atoms with E-state index in [0.717, 1.165) is 44.4 Å². The number of nitrogens with zero attached hydrogens (tertiary/aromatic N) is 6. The smallest absolute Gasteiger partial charge is 0.274 e. The summed E-state index contributed by atoms with van der Waals surface area (Å²) in [5.74, 6) is 0.522. The molecule has 0 radical (unpaired) electrons. The summed E-state index contributed by atoms with van der Waals surface area (Å²) in [7, 11) is 1.56. The van der Waals surface area contributed by atoms with Crippen LogP contribution >= 0.6 is 0 Å².